The van der Waals surface area contributed by atoms with Crippen molar-refractivity contribution in [3.05, 3.63) is 42.1 Å². The van der Waals surface area contributed by atoms with Gasteiger partial charge in [0.25, 0.3) is 0 Å². The molecule has 0 bridgehead atoms. The third-order valence-electron chi connectivity index (χ3n) is 3.85. The first-order chi connectivity index (χ1) is 10.2. The van der Waals surface area contributed by atoms with Crippen LogP contribution in [-0.2, 0) is 20.9 Å². The second kappa shape index (κ2) is 5.52. The summed E-state index contributed by atoms with van der Waals surface area (Å²) in [5, 5.41) is 1.04. The second-order valence-electron chi connectivity index (χ2n) is 5.19. The van der Waals surface area contributed by atoms with E-state index in [-0.39, 0.29) is 24.2 Å². The largest absolute Gasteiger partial charge is 0.469 e. The van der Waals surface area contributed by atoms with Gasteiger partial charge >= 0.3 is 5.97 Å². The SMILES string of the molecule is COC(=O)C1CC(=O)N(Cc2ccnc3ccccc23)C1. The van der Waals surface area contributed by atoms with Crippen molar-refractivity contribution >= 4 is 22.8 Å². The maximum absolute atomic E-state index is 12.0. The molecule has 0 radical (unpaired) electrons. The molecule has 1 unspecified atom stereocenters. The van der Waals surface area contributed by atoms with Crippen molar-refractivity contribution in [1.29, 1.82) is 0 Å². The van der Waals surface area contributed by atoms with Gasteiger partial charge in [0.15, 0.2) is 0 Å². The minimum atomic E-state index is -0.351. The Labute approximate surface area is 122 Å². The van der Waals surface area contributed by atoms with E-state index in [9.17, 15) is 9.59 Å². The third-order valence-corrected chi connectivity index (χ3v) is 3.85. The molecular formula is C16H16N2O3. The normalized spacial score (nSPS) is 18.2. The number of fused-ring (bicyclic) bond motifs is 1. The summed E-state index contributed by atoms with van der Waals surface area (Å²) in [6.45, 7) is 0.914. The van der Waals surface area contributed by atoms with Gasteiger partial charge in [-0.2, -0.15) is 0 Å². The number of nitrogens with zero attached hydrogens (tertiary/aromatic N) is 2. The molecule has 1 aliphatic heterocycles. The summed E-state index contributed by atoms with van der Waals surface area (Å²) >= 11 is 0. The zero-order valence-corrected chi connectivity index (χ0v) is 11.8. The van der Waals surface area contributed by atoms with Gasteiger partial charge in [0.1, 0.15) is 0 Å². The van der Waals surface area contributed by atoms with Gasteiger partial charge < -0.3 is 9.64 Å². The van der Waals surface area contributed by atoms with Gasteiger partial charge in [-0.15, -0.1) is 0 Å². The fourth-order valence-electron chi connectivity index (χ4n) is 2.75. The molecule has 1 aliphatic rings. The van der Waals surface area contributed by atoms with Crippen molar-refractivity contribution in [3.8, 4) is 0 Å². The van der Waals surface area contributed by atoms with Crippen LogP contribution in [0.2, 0.25) is 0 Å². The van der Waals surface area contributed by atoms with Gasteiger partial charge in [0.05, 0.1) is 18.5 Å². The Morgan fingerprint density at radius 1 is 1.38 bits per heavy atom. The van der Waals surface area contributed by atoms with Crippen LogP contribution in [0, 0.1) is 5.92 Å². The van der Waals surface area contributed by atoms with Crippen molar-refractivity contribution < 1.29 is 14.3 Å². The number of carbonyl (C=O) groups excluding carboxylic acids is 2. The topological polar surface area (TPSA) is 59.5 Å². The van der Waals surface area contributed by atoms with Crippen LogP contribution in [0.3, 0.4) is 0 Å². The van der Waals surface area contributed by atoms with E-state index in [0.29, 0.717) is 13.1 Å². The number of carbonyl (C=O) groups is 2. The van der Waals surface area contributed by atoms with Crippen molar-refractivity contribution in [1.82, 2.24) is 9.88 Å². The Hall–Kier alpha value is -2.43. The summed E-state index contributed by atoms with van der Waals surface area (Å²) in [6, 6.07) is 9.75. The quantitative estimate of drug-likeness (QED) is 0.806. The number of likely N-dealkylation sites (tertiary alicyclic amines) is 1. The fourth-order valence-corrected chi connectivity index (χ4v) is 2.75. The fraction of sp³-hybridized carbons (Fsp3) is 0.312. The number of para-hydroxylation sites is 1. The van der Waals surface area contributed by atoms with E-state index < -0.39 is 0 Å². The summed E-state index contributed by atoms with van der Waals surface area (Å²) < 4.78 is 4.72. The lowest BCUT2D eigenvalue weighted by molar-refractivity contribution is -0.145. The number of pyridine rings is 1. The molecule has 21 heavy (non-hydrogen) atoms. The van der Waals surface area contributed by atoms with Crippen LogP contribution in [0.1, 0.15) is 12.0 Å². The number of hydrogen-bond donors (Lipinski definition) is 0. The third kappa shape index (κ3) is 2.59. The van der Waals surface area contributed by atoms with E-state index in [1.165, 1.54) is 7.11 Å². The summed E-state index contributed by atoms with van der Waals surface area (Å²) in [4.78, 5) is 29.6. The summed E-state index contributed by atoms with van der Waals surface area (Å²) in [7, 11) is 1.35. The first-order valence-electron chi connectivity index (χ1n) is 6.87. The highest BCUT2D eigenvalue weighted by molar-refractivity contribution is 5.87. The number of amides is 1. The molecule has 3 rings (SSSR count). The first-order valence-corrected chi connectivity index (χ1v) is 6.87. The van der Waals surface area contributed by atoms with Gasteiger partial charge in [-0.1, -0.05) is 18.2 Å². The summed E-state index contributed by atoms with van der Waals surface area (Å²) in [5.74, 6) is -0.674. The highest BCUT2D eigenvalue weighted by atomic mass is 16.5. The summed E-state index contributed by atoms with van der Waals surface area (Å²) in [5.41, 5.74) is 1.95. The lowest BCUT2D eigenvalue weighted by atomic mass is 10.1. The van der Waals surface area contributed by atoms with Crippen LogP contribution in [0.25, 0.3) is 10.9 Å². The van der Waals surface area contributed by atoms with Crippen LogP contribution >= 0.6 is 0 Å². The monoisotopic (exact) mass is 284 g/mol. The molecular weight excluding hydrogens is 268 g/mol. The van der Waals surface area contributed by atoms with E-state index in [4.69, 9.17) is 4.74 Å². The van der Waals surface area contributed by atoms with Crippen LogP contribution in [0.4, 0.5) is 0 Å². The maximum atomic E-state index is 12.0. The highest BCUT2D eigenvalue weighted by Crippen LogP contribution is 2.24. The minimum absolute atomic E-state index is 0.00806. The lowest BCUT2D eigenvalue weighted by Crippen LogP contribution is -2.26. The average Bonchev–Trinajstić information content (AvgIpc) is 2.88. The van der Waals surface area contributed by atoms with E-state index in [2.05, 4.69) is 4.98 Å². The predicted octanol–water partition coefficient (Wildman–Crippen LogP) is 1.76. The Balaban J connectivity index is 1.83. The molecule has 0 N–H and O–H groups in total. The van der Waals surface area contributed by atoms with Gasteiger partial charge in [0, 0.05) is 31.1 Å². The first kappa shape index (κ1) is 13.5. The van der Waals surface area contributed by atoms with Crippen molar-refractivity contribution in [2.45, 2.75) is 13.0 Å². The number of hydrogen-bond acceptors (Lipinski definition) is 4. The van der Waals surface area contributed by atoms with Crippen LogP contribution < -0.4 is 0 Å². The highest BCUT2D eigenvalue weighted by Gasteiger charge is 2.35. The number of aromatic nitrogens is 1. The Morgan fingerprint density at radius 3 is 3.00 bits per heavy atom. The van der Waals surface area contributed by atoms with Gasteiger partial charge in [-0.25, -0.2) is 0 Å². The van der Waals surface area contributed by atoms with Crippen LogP contribution in [0.15, 0.2) is 36.5 Å². The average molecular weight is 284 g/mol. The molecule has 0 saturated carbocycles. The summed E-state index contributed by atoms with van der Waals surface area (Å²) in [6.07, 6.45) is 1.98. The smallest absolute Gasteiger partial charge is 0.310 e. The minimum Gasteiger partial charge on any atom is -0.469 e. The number of ether oxygens (including phenoxy) is 1. The molecule has 1 aromatic carbocycles. The van der Waals surface area contributed by atoms with Gasteiger partial charge in [0.2, 0.25) is 5.91 Å². The zero-order valence-electron chi connectivity index (χ0n) is 11.8. The molecule has 0 aliphatic carbocycles. The number of methoxy groups -OCH3 is 1. The van der Waals surface area contributed by atoms with Crippen LogP contribution in [-0.4, -0.2) is 35.4 Å². The van der Waals surface area contributed by atoms with E-state index in [1.807, 2.05) is 30.3 Å². The van der Waals surface area contributed by atoms with Crippen molar-refractivity contribution in [2.24, 2.45) is 5.92 Å². The standard InChI is InChI=1S/C16H16N2O3/c1-21-16(20)12-8-15(19)18(10-12)9-11-6-7-17-14-5-3-2-4-13(11)14/h2-7,12H,8-10H2,1H3. The van der Waals surface area contributed by atoms with Crippen molar-refractivity contribution in [3.63, 3.8) is 0 Å². The molecule has 2 aromatic rings. The molecule has 5 heteroatoms. The van der Waals surface area contributed by atoms with Crippen LogP contribution in [0.5, 0.6) is 0 Å². The maximum Gasteiger partial charge on any atom is 0.310 e. The van der Waals surface area contributed by atoms with Gasteiger partial charge in [-0.05, 0) is 17.7 Å². The Morgan fingerprint density at radius 2 is 2.19 bits per heavy atom. The Bertz CT molecular complexity index is 693. The van der Waals surface area contributed by atoms with E-state index >= 15 is 0 Å². The molecule has 1 atom stereocenters. The second-order valence-corrected chi connectivity index (χ2v) is 5.19. The van der Waals surface area contributed by atoms with Gasteiger partial charge in [-0.3, -0.25) is 14.6 Å². The molecule has 1 saturated heterocycles. The molecule has 2 heterocycles. The van der Waals surface area contributed by atoms with E-state index in [0.717, 1.165) is 16.5 Å². The zero-order chi connectivity index (χ0) is 14.8. The lowest BCUT2D eigenvalue weighted by Gasteiger charge is -2.17. The molecule has 1 amide bonds. The van der Waals surface area contributed by atoms with E-state index in [1.54, 1.807) is 11.1 Å². The predicted molar refractivity (Wildman–Crippen MR) is 77.3 cm³/mol. The Kier molecular flexibility index (Phi) is 3.56. The molecule has 1 fully saturated rings. The number of rotatable bonds is 3. The molecule has 1 aromatic heterocycles. The molecule has 0 spiro atoms. The molecule has 5 nitrogen and oxygen atoms in total. The number of esters is 1. The van der Waals surface area contributed by atoms with Crippen molar-refractivity contribution in [2.75, 3.05) is 13.7 Å². The number of benzene rings is 1. The molecule has 108 valence electrons.